The molecule has 10 nitrogen and oxygen atoms in total. The zero-order valence-electron chi connectivity index (χ0n) is 25.7. The fourth-order valence-corrected chi connectivity index (χ4v) is 5.02. The Hall–Kier alpha value is -5.48. The number of hydrogen-bond acceptors (Lipinski definition) is 8. The van der Waals surface area contributed by atoms with Crippen molar-refractivity contribution >= 4 is 39.2 Å². The maximum absolute atomic E-state index is 12.1. The van der Waals surface area contributed by atoms with Gasteiger partial charge in [-0.25, -0.2) is 9.97 Å². The van der Waals surface area contributed by atoms with Crippen LogP contribution in [0.5, 0.6) is 11.5 Å². The molecule has 45 heavy (non-hydrogen) atoms. The summed E-state index contributed by atoms with van der Waals surface area (Å²) in [7, 11) is 7.00. The second kappa shape index (κ2) is 13.0. The molecule has 6 rings (SSSR count). The van der Waals surface area contributed by atoms with Crippen LogP contribution in [0, 0.1) is 0 Å². The lowest BCUT2D eigenvalue weighted by molar-refractivity contribution is -0.129. The van der Waals surface area contributed by atoms with Crippen molar-refractivity contribution in [2.75, 3.05) is 53.3 Å². The highest BCUT2D eigenvalue weighted by atomic mass is 16.5. The van der Waals surface area contributed by atoms with Crippen LogP contribution in [0.2, 0.25) is 0 Å². The fourth-order valence-electron chi connectivity index (χ4n) is 5.02. The van der Waals surface area contributed by atoms with E-state index in [1.807, 2.05) is 72.6 Å². The number of aromatic amines is 1. The maximum atomic E-state index is 12.1. The van der Waals surface area contributed by atoms with E-state index in [1.54, 1.807) is 32.3 Å². The molecule has 0 radical (unpaired) electrons. The van der Waals surface area contributed by atoms with Gasteiger partial charge in [0.15, 0.2) is 17.3 Å². The number of nitrogens with one attached hydrogen (secondary N) is 2. The minimum Gasteiger partial charge on any atom is -0.493 e. The Bertz CT molecular complexity index is 1960. The van der Waals surface area contributed by atoms with Crippen LogP contribution >= 0.6 is 0 Å². The predicted octanol–water partition coefficient (Wildman–Crippen LogP) is 5.99. The number of aromatic nitrogens is 4. The molecular weight excluding hydrogens is 566 g/mol. The second-order valence-corrected chi connectivity index (χ2v) is 11.0. The van der Waals surface area contributed by atoms with E-state index in [1.165, 1.54) is 0 Å². The minimum atomic E-state index is 0.0346. The lowest BCUT2D eigenvalue weighted by Gasteiger charge is -2.20. The Morgan fingerprint density at radius 2 is 1.67 bits per heavy atom. The summed E-state index contributed by atoms with van der Waals surface area (Å²) in [5.41, 5.74) is 5.60. The molecule has 0 saturated carbocycles. The van der Waals surface area contributed by atoms with E-state index in [9.17, 15) is 4.79 Å². The highest BCUT2D eigenvalue weighted by molar-refractivity contribution is 5.95. The predicted molar refractivity (Wildman–Crippen MR) is 178 cm³/mol. The molecule has 2 aromatic heterocycles. The number of likely N-dealkylation sites (N-methyl/N-ethyl adjacent to an activating group) is 2. The Morgan fingerprint density at radius 3 is 2.47 bits per heavy atom. The van der Waals surface area contributed by atoms with E-state index in [0.717, 1.165) is 38.7 Å². The molecule has 0 aliphatic rings. The van der Waals surface area contributed by atoms with Gasteiger partial charge in [-0.3, -0.25) is 14.8 Å². The van der Waals surface area contributed by atoms with Crippen molar-refractivity contribution in [3.05, 3.63) is 91.1 Å². The van der Waals surface area contributed by atoms with Gasteiger partial charge in [0, 0.05) is 48.7 Å². The average Bonchev–Trinajstić information content (AvgIpc) is 3.53. The molecule has 0 saturated heterocycles. The number of carbonyl (C=O) groups is 1. The van der Waals surface area contributed by atoms with Gasteiger partial charge in [0.05, 0.1) is 30.9 Å². The smallest absolute Gasteiger partial charge is 0.236 e. The lowest BCUT2D eigenvalue weighted by Crippen LogP contribution is -2.36. The molecule has 0 bridgehead atoms. The number of nitrogens with zero attached hydrogens (tertiary/aromatic N) is 5. The summed E-state index contributed by atoms with van der Waals surface area (Å²) in [6.45, 7) is 1.23. The number of hydrogen-bond donors (Lipinski definition) is 2. The quantitative estimate of drug-likeness (QED) is 0.186. The first kappa shape index (κ1) is 29.6. The standard InChI is InChI=1S/C35H35N7O3/c1-41(2)33(43)22-42(3)15-16-45-32-19-28-30(20-31(32)44-4)38-34(25-12-8-11-24(17-25)23-9-6-5-7-10-23)39-35(28)37-27-13-14-29-26(18-27)21-36-40-29/h5-14,17-21H,15-16,22H2,1-4H3,(H,36,40)(H,37,38,39). The third-order valence-electron chi connectivity index (χ3n) is 7.55. The maximum Gasteiger partial charge on any atom is 0.236 e. The van der Waals surface area contributed by atoms with Crippen molar-refractivity contribution in [1.82, 2.24) is 30.0 Å². The summed E-state index contributed by atoms with van der Waals surface area (Å²) >= 11 is 0. The van der Waals surface area contributed by atoms with E-state index in [2.05, 4.69) is 39.8 Å². The zero-order chi connectivity index (χ0) is 31.3. The topological polar surface area (TPSA) is 108 Å². The summed E-state index contributed by atoms with van der Waals surface area (Å²) in [4.78, 5) is 25.6. The van der Waals surface area contributed by atoms with E-state index in [4.69, 9.17) is 19.4 Å². The fraction of sp³-hybridized carbons (Fsp3) is 0.200. The number of carbonyl (C=O) groups excluding carboxylic acids is 1. The third kappa shape index (κ3) is 6.71. The normalized spacial score (nSPS) is 11.2. The van der Waals surface area contributed by atoms with Crippen LogP contribution in [-0.2, 0) is 4.79 Å². The Balaban J connectivity index is 1.38. The first-order chi connectivity index (χ1) is 21.9. The zero-order valence-corrected chi connectivity index (χ0v) is 25.7. The Kier molecular flexibility index (Phi) is 8.56. The molecule has 0 spiro atoms. The molecule has 4 aromatic carbocycles. The van der Waals surface area contributed by atoms with Crippen molar-refractivity contribution in [3.63, 3.8) is 0 Å². The Morgan fingerprint density at radius 1 is 0.867 bits per heavy atom. The number of benzene rings is 4. The monoisotopic (exact) mass is 601 g/mol. The van der Waals surface area contributed by atoms with Crippen molar-refractivity contribution < 1.29 is 14.3 Å². The lowest BCUT2D eigenvalue weighted by atomic mass is 10.0. The van der Waals surface area contributed by atoms with Crippen molar-refractivity contribution in [1.29, 1.82) is 0 Å². The molecule has 6 aromatic rings. The first-order valence-electron chi connectivity index (χ1n) is 14.7. The van der Waals surface area contributed by atoms with E-state index in [-0.39, 0.29) is 5.91 Å². The largest absolute Gasteiger partial charge is 0.493 e. The van der Waals surface area contributed by atoms with Crippen molar-refractivity contribution in [2.24, 2.45) is 0 Å². The van der Waals surface area contributed by atoms with Gasteiger partial charge in [-0.2, -0.15) is 5.10 Å². The SMILES string of the molecule is COc1cc2nc(-c3cccc(-c4ccccc4)c3)nc(Nc3ccc4[nH]ncc4c3)c2cc1OCCN(C)CC(=O)N(C)C. The van der Waals surface area contributed by atoms with Gasteiger partial charge < -0.3 is 19.7 Å². The van der Waals surface area contributed by atoms with Gasteiger partial charge in [-0.1, -0.05) is 48.5 Å². The number of anilines is 2. The molecule has 1 amide bonds. The van der Waals surface area contributed by atoms with Gasteiger partial charge in [-0.05, 0) is 48.5 Å². The highest BCUT2D eigenvalue weighted by Crippen LogP contribution is 2.37. The van der Waals surface area contributed by atoms with Gasteiger partial charge in [-0.15, -0.1) is 0 Å². The van der Waals surface area contributed by atoms with Crippen LogP contribution in [0.25, 0.3) is 44.3 Å². The number of amides is 1. The third-order valence-corrected chi connectivity index (χ3v) is 7.55. The number of rotatable bonds is 11. The molecule has 0 aliphatic carbocycles. The van der Waals surface area contributed by atoms with E-state index in [0.29, 0.717) is 48.4 Å². The van der Waals surface area contributed by atoms with Gasteiger partial charge in [0.1, 0.15) is 12.4 Å². The van der Waals surface area contributed by atoms with Crippen LogP contribution < -0.4 is 14.8 Å². The number of fused-ring (bicyclic) bond motifs is 2. The second-order valence-electron chi connectivity index (χ2n) is 11.0. The first-order valence-corrected chi connectivity index (χ1v) is 14.7. The average molecular weight is 602 g/mol. The van der Waals surface area contributed by atoms with Crippen LogP contribution in [0.3, 0.4) is 0 Å². The molecule has 2 N–H and O–H groups in total. The van der Waals surface area contributed by atoms with Gasteiger partial charge in [0.25, 0.3) is 0 Å². The summed E-state index contributed by atoms with van der Waals surface area (Å²) in [5, 5.41) is 12.4. The molecular formula is C35H35N7O3. The summed E-state index contributed by atoms with van der Waals surface area (Å²) in [6, 6.07) is 28.2. The summed E-state index contributed by atoms with van der Waals surface area (Å²) in [5.74, 6) is 2.36. The van der Waals surface area contributed by atoms with Crippen LogP contribution in [0.4, 0.5) is 11.5 Å². The van der Waals surface area contributed by atoms with Crippen LogP contribution in [0.15, 0.2) is 91.1 Å². The van der Waals surface area contributed by atoms with Crippen LogP contribution in [0.1, 0.15) is 0 Å². The summed E-state index contributed by atoms with van der Waals surface area (Å²) < 4.78 is 11.9. The summed E-state index contributed by atoms with van der Waals surface area (Å²) in [6.07, 6.45) is 1.79. The van der Waals surface area contributed by atoms with Crippen molar-refractivity contribution in [2.45, 2.75) is 0 Å². The van der Waals surface area contributed by atoms with Gasteiger partial charge in [0.2, 0.25) is 5.91 Å². The van der Waals surface area contributed by atoms with E-state index < -0.39 is 0 Å². The molecule has 0 unspecified atom stereocenters. The van der Waals surface area contributed by atoms with Crippen molar-refractivity contribution in [3.8, 4) is 34.0 Å². The molecule has 0 aliphatic heterocycles. The molecule has 228 valence electrons. The molecule has 0 atom stereocenters. The minimum absolute atomic E-state index is 0.0346. The number of methoxy groups -OCH3 is 1. The number of H-pyrrole nitrogens is 1. The van der Waals surface area contributed by atoms with Crippen LogP contribution in [-0.4, -0.2) is 83.8 Å². The molecule has 2 heterocycles. The molecule has 10 heteroatoms. The highest BCUT2D eigenvalue weighted by Gasteiger charge is 2.17. The Labute approximate surface area is 261 Å². The molecule has 0 fully saturated rings. The van der Waals surface area contributed by atoms with E-state index >= 15 is 0 Å². The van der Waals surface area contributed by atoms with Gasteiger partial charge >= 0.3 is 0 Å². The number of ether oxygens (including phenoxy) is 2.